The van der Waals surface area contributed by atoms with E-state index >= 15 is 0 Å². The summed E-state index contributed by atoms with van der Waals surface area (Å²) in [6.45, 7) is 5.18. The topological polar surface area (TPSA) is 91.7 Å². The van der Waals surface area contributed by atoms with Crippen LogP contribution in [0.2, 0.25) is 5.02 Å². The van der Waals surface area contributed by atoms with Crippen LogP contribution in [0.3, 0.4) is 0 Å². The Morgan fingerprint density at radius 2 is 1.64 bits per heavy atom. The van der Waals surface area contributed by atoms with Gasteiger partial charge < -0.3 is 10.2 Å². The number of thioether (sulfide) groups is 1. The van der Waals surface area contributed by atoms with Crippen LogP contribution in [0.1, 0.15) is 35.8 Å². The molecule has 1 aromatic heterocycles. The zero-order chi connectivity index (χ0) is 33.6. The SMILES string of the molecule is CCN(CC)c1ccc(C2c3sc(=O)n(CC(=O)Nc4cccc(C(F)(F)F)c4)c3SC3C(=O)N(c4ccc(Cl)cc4)C(=O)C32)cc1. The average Bonchev–Trinajstić information content (AvgIpc) is 3.48. The molecule has 244 valence electrons. The van der Waals surface area contributed by atoms with E-state index in [0.717, 1.165) is 64.5 Å². The summed E-state index contributed by atoms with van der Waals surface area (Å²) in [6, 6.07) is 18.3. The van der Waals surface area contributed by atoms with E-state index in [9.17, 15) is 32.3 Å². The number of carbonyl (C=O) groups excluding carboxylic acids is 3. The molecule has 0 saturated carbocycles. The summed E-state index contributed by atoms with van der Waals surface area (Å²) in [5, 5.41) is 2.36. The minimum atomic E-state index is -4.60. The molecule has 3 aromatic carbocycles. The maximum Gasteiger partial charge on any atom is 0.416 e. The standard InChI is InChI=1S/C33H28ClF3N4O4S2/c1-3-39(4-2)22-12-8-18(9-13-22)25-26-27(30(44)41(29(26)43)23-14-10-20(34)11-15-23)46-31-28(25)47-32(45)40(31)17-24(42)38-21-7-5-6-19(16-21)33(35,36)37/h5-16,25-27H,3-4,17H2,1-2H3,(H,38,42). The third-order valence-electron chi connectivity index (χ3n) is 8.29. The number of anilines is 3. The Morgan fingerprint density at radius 3 is 2.28 bits per heavy atom. The van der Waals surface area contributed by atoms with Gasteiger partial charge in [0, 0.05) is 40.3 Å². The van der Waals surface area contributed by atoms with Gasteiger partial charge in [-0.25, -0.2) is 4.90 Å². The highest BCUT2D eigenvalue weighted by molar-refractivity contribution is 8.00. The minimum absolute atomic E-state index is 0.0731. The smallest absolute Gasteiger partial charge is 0.372 e. The number of amides is 3. The van der Waals surface area contributed by atoms with Crippen molar-refractivity contribution in [2.45, 2.75) is 42.8 Å². The van der Waals surface area contributed by atoms with Crippen LogP contribution in [0.4, 0.5) is 30.2 Å². The van der Waals surface area contributed by atoms with Gasteiger partial charge in [-0.15, -0.1) is 0 Å². The first kappa shape index (κ1) is 32.9. The Bertz CT molecular complexity index is 1910. The highest BCUT2D eigenvalue weighted by atomic mass is 35.5. The van der Waals surface area contributed by atoms with Crippen molar-refractivity contribution >= 4 is 69.5 Å². The number of nitrogens with one attached hydrogen (secondary N) is 1. The van der Waals surface area contributed by atoms with E-state index in [1.807, 2.05) is 38.1 Å². The summed E-state index contributed by atoms with van der Waals surface area (Å²) < 4.78 is 40.9. The maximum absolute atomic E-state index is 14.1. The summed E-state index contributed by atoms with van der Waals surface area (Å²) in [5.41, 5.74) is 1.09. The van der Waals surface area contributed by atoms with E-state index in [2.05, 4.69) is 10.2 Å². The number of thiazole rings is 1. The third kappa shape index (κ3) is 6.19. The predicted molar refractivity (Wildman–Crippen MR) is 178 cm³/mol. The molecule has 47 heavy (non-hydrogen) atoms. The molecule has 3 heterocycles. The van der Waals surface area contributed by atoms with Crippen molar-refractivity contribution in [2.75, 3.05) is 28.2 Å². The molecule has 3 amide bonds. The van der Waals surface area contributed by atoms with Crippen molar-refractivity contribution in [3.63, 3.8) is 0 Å². The number of carbonyl (C=O) groups is 3. The fourth-order valence-electron chi connectivity index (χ4n) is 6.06. The third-order valence-corrected chi connectivity index (χ3v) is 11.1. The Labute approximate surface area is 281 Å². The Kier molecular flexibility index (Phi) is 8.98. The molecule has 2 aliphatic rings. The number of nitrogens with zero attached hydrogens (tertiary/aromatic N) is 3. The lowest BCUT2D eigenvalue weighted by Crippen LogP contribution is -2.33. The molecule has 1 N–H and O–H groups in total. The summed E-state index contributed by atoms with van der Waals surface area (Å²) in [5.74, 6) is -3.08. The molecule has 8 nitrogen and oxygen atoms in total. The minimum Gasteiger partial charge on any atom is -0.372 e. The zero-order valence-corrected chi connectivity index (χ0v) is 27.5. The van der Waals surface area contributed by atoms with Gasteiger partial charge in [0.1, 0.15) is 11.8 Å². The lowest BCUT2D eigenvalue weighted by molar-refractivity contribution is -0.137. The summed E-state index contributed by atoms with van der Waals surface area (Å²) >= 11 is 8.01. The number of fused-ring (bicyclic) bond motifs is 2. The number of rotatable bonds is 8. The number of alkyl halides is 3. The Morgan fingerprint density at radius 1 is 0.957 bits per heavy atom. The molecule has 0 radical (unpaired) electrons. The van der Waals surface area contributed by atoms with Crippen LogP contribution < -0.4 is 20.0 Å². The number of imide groups is 1. The molecule has 1 saturated heterocycles. The quantitative estimate of drug-likeness (QED) is 0.202. The van der Waals surface area contributed by atoms with Crippen molar-refractivity contribution in [2.24, 2.45) is 5.92 Å². The molecular weight excluding hydrogens is 673 g/mol. The number of halogens is 4. The summed E-state index contributed by atoms with van der Waals surface area (Å²) in [7, 11) is 0. The Balaban J connectivity index is 1.39. The van der Waals surface area contributed by atoms with Crippen molar-refractivity contribution in [3.05, 3.63) is 103 Å². The van der Waals surface area contributed by atoms with Crippen molar-refractivity contribution in [3.8, 4) is 0 Å². The van der Waals surface area contributed by atoms with Gasteiger partial charge in [0.05, 0.1) is 22.2 Å². The first-order valence-corrected chi connectivity index (χ1v) is 16.8. The molecule has 3 unspecified atom stereocenters. The second-order valence-electron chi connectivity index (χ2n) is 11.0. The van der Waals surface area contributed by atoms with Crippen LogP contribution in [0.15, 0.2) is 82.6 Å². The molecule has 6 rings (SSSR count). The van der Waals surface area contributed by atoms with Gasteiger partial charge >= 0.3 is 11.0 Å². The van der Waals surface area contributed by atoms with Gasteiger partial charge in [-0.05, 0) is 74.0 Å². The van der Waals surface area contributed by atoms with E-state index in [1.165, 1.54) is 16.7 Å². The van der Waals surface area contributed by atoms with Crippen LogP contribution in [-0.2, 0) is 27.1 Å². The monoisotopic (exact) mass is 700 g/mol. The lowest BCUT2D eigenvalue weighted by Gasteiger charge is -2.31. The van der Waals surface area contributed by atoms with E-state index in [4.69, 9.17) is 11.6 Å². The van der Waals surface area contributed by atoms with E-state index in [0.29, 0.717) is 20.6 Å². The van der Waals surface area contributed by atoms with Crippen LogP contribution in [0, 0.1) is 5.92 Å². The molecule has 1 fully saturated rings. The average molecular weight is 701 g/mol. The van der Waals surface area contributed by atoms with Crippen LogP contribution in [-0.4, -0.2) is 40.6 Å². The summed E-state index contributed by atoms with van der Waals surface area (Å²) in [6.07, 6.45) is -4.60. The Hall–Kier alpha value is -4.07. The number of hydrogen-bond acceptors (Lipinski definition) is 7. The maximum atomic E-state index is 14.1. The highest BCUT2D eigenvalue weighted by Gasteiger charge is 2.56. The van der Waals surface area contributed by atoms with Gasteiger partial charge in [0.15, 0.2) is 0 Å². The second-order valence-corrected chi connectivity index (χ2v) is 13.6. The first-order chi connectivity index (χ1) is 22.4. The van der Waals surface area contributed by atoms with Crippen molar-refractivity contribution in [1.29, 1.82) is 0 Å². The largest absolute Gasteiger partial charge is 0.416 e. The predicted octanol–water partition coefficient (Wildman–Crippen LogP) is 6.86. The zero-order valence-electron chi connectivity index (χ0n) is 25.1. The van der Waals surface area contributed by atoms with Gasteiger partial charge in [-0.2, -0.15) is 13.2 Å². The van der Waals surface area contributed by atoms with Gasteiger partial charge in [-0.3, -0.25) is 23.7 Å². The van der Waals surface area contributed by atoms with Gasteiger partial charge in [0.25, 0.3) is 0 Å². The first-order valence-electron chi connectivity index (χ1n) is 14.8. The van der Waals surface area contributed by atoms with Crippen molar-refractivity contribution in [1.82, 2.24) is 4.57 Å². The fraction of sp³-hybridized carbons (Fsp3) is 0.273. The number of aromatic nitrogens is 1. The van der Waals surface area contributed by atoms with E-state index in [1.54, 1.807) is 24.3 Å². The van der Waals surface area contributed by atoms with Crippen LogP contribution in [0.5, 0.6) is 0 Å². The van der Waals surface area contributed by atoms with Crippen molar-refractivity contribution < 1.29 is 27.6 Å². The van der Waals surface area contributed by atoms with Crippen LogP contribution in [0.25, 0.3) is 0 Å². The lowest BCUT2D eigenvalue weighted by atomic mass is 9.83. The highest BCUT2D eigenvalue weighted by Crippen LogP contribution is 2.54. The van der Waals surface area contributed by atoms with Gasteiger partial charge in [-0.1, -0.05) is 52.9 Å². The normalized spacial score (nSPS) is 19.0. The molecule has 0 bridgehead atoms. The van der Waals surface area contributed by atoms with E-state index in [-0.39, 0.29) is 5.69 Å². The molecule has 0 aliphatic carbocycles. The number of benzene rings is 3. The molecule has 4 aromatic rings. The molecule has 0 spiro atoms. The number of hydrogen-bond donors (Lipinski definition) is 1. The molecular formula is C33H28ClF3N4O4S2. The molecule has 3 atom stereocenters. The van der Waals surface area contributed by atoms with Crippen LogP contribution >= 0.6 is 34.7 Å². The molecule has 14 heteroatoms. The second kappa shape index (κ2) is 12.9. The van der Waals surface area contributed by atoms with Gasteiger partial charge in [0.2, 0.25) is 17.7 Å². The fourth-order valence-corrected chi connectivity index (χ4v) is 8.96. The summed E-state index contributed by atoms with van der Waals surface area (Å²) in [4.78, 5) is 57.9. The van der Waals surface area contributed by atoms with E-state index < -0.39 is 58.0 Å². The molecule has 2 aliphatic heterocycles.